The highest BCUT2D eigenvalue weighted by atomic mass is 35.5. The minimum Gasteiger partial charge on any atom is -0.358 e. The predicted octanol–water partition coefficient (Wildman–Crippen LogP) is 6.31. The molecule has 1 aliphatic rings. The van der Waals surface area contributed by atoms with E-state index in [9.17, 15) is 4.39 Å². The second kappa shape index (κ2) is 9.57. The van der Waals surface area contributed by atoms with E-state index < -0.39 is 11.6 Å². The van der Waals surface area contributed by atoms with Crippen LogP contribution in [0.2, 0.25) is 5.02 Å². The number of hydrogen-bond acceptors (Lipinski definition) is 3. The Morgan fingerprint density at radius 2 is 1.74 bits per heavy atom. The van der Waals surface area contributed by atoms with Crippen LogP contribution in [0.3, 0.4) is 0 Å². The van der Waals surface area contributed by atoms with Gasteiger partial charge in [-0.25, -0.2) is 13.8 Å². The molecule has 4 nitrogen and oxygen atoms in total. The van der Waals surface area contributed by atoms with E-state index in [1.165, 1.54) is 12.1 Å². The highest BCUT2D eigenvalue weighted by molar-refractivity contribution is 6.30. The van der Waals surface area contributed by atoms with E-state index in [2.05, 4.69) is 19.8 Å². The number of H-pyrrole nitrogens is 1. The lowest BCUT2D eigenvalue weighted by atomic mass is 9.96. The van der Waals surface area contributed by atoms with Gasteiger partial charge in [-0.2, -0.15) is 0 Å². The molecule has 0 unspecified atom stereocenters. The van der Waals surface area contributed by atoms with Crippen LogP contribution in [0, 0.1) is 18.6 Å². The number of nitrogens with one attached hydrogen (secondary N) is 1. The van der Waals surface area contributed by atoms with E-state index in [0.717, 1.165) is 66.1 Å². The van der Waals surface area contributed by atoms with Gasteiger partial charge >= 0.3 is 0 Å². The summed E-state index contributed by atoms with van der Waals surface area (Å²) in [5.74, 6) is -0.178. The summed E-state index contributed by atoms with van der Waals surface area (Å²) in [6, 6.07) is 17.2. The normalized spacial score (nSPS) is 14.5. The Bertz CT molecular complexity index is 1280. The van der Waals surface area contributed by atoms with Crippen molar-refractivity contribution in [3.8, 4) is 22.4 Å². The number of benzene rings is 2. The Balaban J connectivity index is 1.48. The van der Waals surface area contributed by atoms with Gasteiger partial charge in [0.25, 0.3) is 0 Å². The molecule has 1 saturated heterocycles. The molecule has 0 aliphatic carbocycles. The Kier molecular flexibility index (Phi) is 6.35. The number of nitrogens with zero attached hydrogens (tertiary/aromatic N) is 3. The second-order valence-electron chi connectivity index (χ2n) is 8.56. The zero-order valence-corrected chi connectivity index (χ0v) is 19.6. The smallest absolute Gasteiger partial charge is 0.134 e. The summed E-state index contributed by atoms with van der Waals surface area (Å²) >= 11 is 6.09. The fourth-order valence-electron chi connectivity index (χ4n) is 4.58. The van der Waals surface area contributed by atoms with Gasteiger partial charge in [0, 0.05) is 66.8 Å². The van der Waals surface area contributed by atoms with Gasteiger partial charge in [0.15, 0.2) is 0 Å². The van der Waals surface area contributed by atoms with Crippen molar-refractivity contribution in [3.63, 3.8) is 0 Å². The van der Waals surface area contributed by atoms with Crippen LogP contribution < -0.4 is 4.90 Å². The van der Waals surface area contributed by atoms with Gasteiger partial charge in [-0.1, -0.05) is 29.8 Å². The quantitative estimate of drug-likeness (QED) is 0.365. The summed E-state index contributed by atoms with van der Waals surface area (Å²) in [7, 11) is 0. The van der Waals surface area contributed by atoms with Gasteiger partial charge in [-0.05, 0) is 54.4 Å². The molecule has 1 aliphatic heterocycles. The lowest BCUT2D eigenvalue weighted by Crippen LogP contribution is -2.46. The molecule has 0 bridgehead atoms. The lowest BCUT2D eigenvalue weighted by molar-refractivity contribution is 0.249. The van der Waals surface area contributed by atoms with Crippen molar-refractivity contribution < 1.29 is 8.78 Å². The third-order valence-corrected chi connectivity index (χ3v) is 6.63. The van der Waals surface area contributed by atoms with Crippen LogP contribution in [0.4, 0.5) is 14.6 Å². The van der Waals surface area contributed by atoms with Crippen LogP contribution in [-0.4, -0.2) is 41.0 Å². The molecule has 3 heterocycles. The van der Waals surface area contributed by atoms with Crippen LogP contribution >= 0.6 is 11.6 Å². The summed E-state index contributed by atoms with van der Waals surface area (Å²) in [6.07, 6.45) is 1.81. The maximum Gasteiger partial charge on any atom is 0.134 e. The third kappa shape index (κ3) is 4.56. The van der Waals surface area contributed by atoms with Gasteiger partial charge < -0.3 is 9.88 Å². The topological polar surface area (TPSA) is 35.2 Å². The molecule has 1 N–H and O–H groups in total. The van der Waals surface area contributed by atoms with Gasteiger partial charge in [0.05, 0.1) is 5.69 Å². The standard InChI is InChI=1S/C27H25ClF2N4/c1-18-23(17-33-12-14-34(15-13-33)25-4-2-3-11-31-25)26(22-10-9-21(29)16-24(22)30)27(32-18)19-5-7-20(28)8-6-19/h2-11,16,32H,12-15,17H2,1H3. The molecule has 174 valence electrons. The highest BCUT2D eigenvalue weighted by Gasteiger charge is 2.25. The van der Waals surface area contributed by atoms with E-state index in [-0.39, 0.29) is 0 Å². The van der Waals surface area contributed by atoms with Gasteiger partial charge in [0.2, 0.25) is 0 Å². The molecule has 5 rings (SSSR count). The Hall–Kier alpha value is -3.22. The van der Waals surface area contributed by atoms with E-state index in [1.807, 2.05) is 55.6 Å². The second-order valence-corrected chi connectivity index (χ2v) is 9.00. The third-order valence-electron chi connectivity index (χ3n) is 6.38. The van der Waals surface area contributed by atoms with Crippen molar-refractivity contribution in [3.05, 3.63) is 94.8 Å². The van der Waals surface area contributed by atoms with Crippen molar-refractivity contribution >= 4 is 17.4 Å². The number of anilines is 1. The van der Waals surface area contributed by atoms with E-state index in [0.29, 0.717) is 17.1 Å². The first kappa shape index (κ1) is 22.6. The number of aromatic amines is 1. The molecule has 34 heavy (non-hydrogen) atoms. The molecule has 4 aromatic rings. The van der Waals surface area contributed by atoms with Crippen LogP contribution in [0.25, 0.3) is 22.4 Å². The first-order valence-corrected chi connectivity index (χ1v) is 11.7. The molecule has 2 aromatic carbocycles. The maximum absolute atomic E-state index is 15.0. The molecular formula is C27H25ClF2N4. The van der Waals surface area contributed by atoms with Gasteiger partial charge in [-0.3, -0.25) is 4.90 Å². The van der Waals surface area contributed by atoms with Crippen molar-refractivity contribution in [2.75, 3.05) is 31.1 Å². The summed E-state index contributed by atoms with van der Waals surface area (Å²) in [4.78, 5) is 12.6. The number of halogens is 3. The fraction of sp³-hybridized carbons (Fsp3) is 0.222. The summed E-state index contributed by atoms with van der Waals surface area (Å²) in [5, 5.41) is 0.632. The van der Waals surface area contributed by atoms with E-state index in [1.54, 1.807) is 0 Å². The molecular weight excluding hydrogens is 454 g/mol. The molecule has 0 atom stereocenters. The van der Waals surface area contributed by atoms with Crippen LogP contribution in [-0.2, 0) is 6.54 Å². The largest absolute Gasteiger partial charge is 0.358 e. The number of hydrogen-bond donors (Lipinski definition) is 1. The average molecular weight is 479 g/mol. The zero-order chi connectivity index (χ0) is 23.7. The highest BCUT2D eigenvalue weighted by Crippen LogP contribution is 2.39. The van der Waals surface area contributed by atoms with E-state index in [4.69, 9.17) is 11.6 Å². The van der Waals surface area contributed by atoms with Crippen molar-refractivity contribution in [2.45, 2.75) is 13.5 Å². The number of pyridine rings is 1. The maximum atomic E-state index is 15.0. The molecule has 1 fully saturated rings. The monoisotopic (exact) mass is 478 g/mol. The van der Waals surface area contributed by atoms with Crippen molar-refractivity contribution in [1.29, 1.82) is 0 Å². The zero-order valence-electron chi connectivity index (χ0n) is 18.9. The average Bonchev–Trinajstić information content (AvgIpc) is 3.16. The fourth-order valence-corrected chi connectivity index (χ4v) is 4.71. The van der Waals surface area contributed by atoms with E-state index >= 15 is 4.39 Å². The Labute approximate surface area is 202 Å². The molecule has 0 amide bonds. The van der Waals surface area contributed by atoms with Gasteiger partial charge in [0.1, 0.15) is 17.5 Å². The first-order valence-electron chi connectivity index (χ1n) is 11.3. The van der Waals surface area contributed by atoms with Crippen LogP contribution in [0.5, 0.6) is 0 Å². The molecule has 7 heteroatoms. The Morgan fingerprint density at radius 3 is 2.41 bits per heavy atom. The molecule has 2 aromatic heterocycles. The molecule has 0 radical (unpaired) electrons. The number of rotatable bonds is 5. The number of piperazine rings is 1. The summed E-state index contributed by atoms with van der Waals surface area (Å²) in [5.41, 5.74) is 4.85. The lowest BCUT2D eigenvalue weighted by Gasteiger charge is -2.35. The number of aromatic nitrogens is 2. The minimum absolute atomic E-state index is 0.387. The molecule has 0 spiro atoms. The van der Waals surface area contributed by atoms with Crippen LogP contribution in [0.15, 0.2) is 66.9 Å². The summed E-state index contributed by atoms with van der Waals surface area (Å²) < 4.78 is 28.7. The van der Waals surface area contributed by atoms with Gasteiger partial charge in [-0.15, -0.1) is 0 Å². The first-order chi connectivity index (χ1) is 16.5. The molecule has 0 saturated carbocycles. The summed E-state index contributed by atoms with van der Waals surface area (Å²) in [6.45, 7) is 6.13. The Morgan fingerprint density at radius 1 is 0.971 bits per heavy atom. The SMILES string of the molecule is Cc1[nH]c(-c2ccc(Cl)cc2)c(-c2ccc(F)cc2F)c1CN1CCN(c2ccccn2)CC1. The minimum atomic E-state index is -0.589. The van der Waals surface area contributed by atoms with Crippen LogP contribution in [0.1, 0.15) is 11.3 Å². The van der Waals surface area contributed by atoms with Crippen molar-refractivity contribution in [2.24, 2.45) is 0 Å². The predicted molar refractivity (Wildman–Crippen MR) is 133 cm³/mol. The number of aryl methyl sites for hydroxylation is 1. The van der Waals surface area contributed by atoms with Crippen molar-refractivity contribution in [1.82, 2.24) is 14.9 Å².